The van der Waals surface area contributed by atoms with Crippen LogP contribution in [0, 0.1) is 0 Å². The number of rotatable bonds is 8. The summed E-state index contributed by atoms with van der Waals surface area (Å²) in [6, 6.07) is 0. The molecule has 0 spiro atoms. The average molecular weight is 333 g/mol. The molecule has 0 aliphatic carbocycles. The van der Waals surface area contributed by atoms with Crippen molar-refractivity contribution >= 4 is 70.4 Å². The maximum absolute atomic E-state index is 4.28. The summed E-state index contributed by atoms with van der Waals surface area (Å²) in [6.45, 7) is 0. The molecule has 6 heteroatoms. The molecule has 0 aromatic carbocycles. The third-order valence-electron chi connectivity index (χ3n) is 2.30. The number of thiol groups is 2. The van der Waals surface area contributed by atoms with Gasteiger partial charge in [-0.05, 0) is 24.3 Å². The molecule has 1 aliphatic heterocycles. The van der Waals surface area contributed by atoms with E-state index in [2.05, 4.69) is 70.4 Å². The maximum Gasteiger partial charge on any atom is 0.0444 e. The highest BCUT2D eigenvalue weighted by atomic mass is 33.1. The Morgan fingerprint density at radius 1 is 1.06 bits per heavy atom. The van der Waals surface area contributed by atoms with E-state index in [4.69, 9.17) is 0 Å². The van der Waals surface area contributed by atoms with Crippen molar-refractivity contribution in [1.82, 2.24) is 0 Å². The monoisotopic (exact) mass is 332 g/mol. The second-order valence-electron chi connectivity index (χ2n) is 3.74. The number of hydrogen-bond donors (Lipinski definition) is 2. The predicted octanol–water partition coefficient (Wildman–Crippen LogP) is 4.23. The Morgan fingerprint density at radius 3 is 2.12 bits per heavy atom. The van der Waals surface area contributed by atoms with Gasteiger partial charge in [-0.15, -0.1) is 0 Å². The van der Waals surface area contributed by atoms with E-state index in [0.717, 1.165) is 11.5 Å². The quantitative estimate of drug-likeness (QED) is 0.388. The van der Waals surface area contributed by atoms with E-state index in [1.165, 1.54) is 41.6 Å². The van der Waals surface area contributed by atoms with Crippen LogP contribution in [0.1, 0.15) is 12.8 Å². The van der Waals surface area contributed by atoms with Crippen LogP contribution in [0.3, 0.4) is 0 Å². The first kappa shape index (κ1) is 16.2. The smallest absolute Gasteiger partial charge is 0.0444 e. The SMILES string of the molecule is SCCSCC1(CSCCS)CCCSS1. The molecule has 1 rings (SSSR count). The van der Waals surface area contributed by atoms with Crippen LogP contribution in [0.15, 0.2) is 0 Å². The van der Waals surface area contributed by atoms with Crippen LogP contribution in [0.2, 0.25) is 0 Å². The van der Waals surface area contributed by atoms with Crippen LogP contribution in [0.5, 0.6) is 0 Å². The van der Waals surface area contributed by atoms with E-state index < -0.39 is 0 Å². The molecule has 0 aromatic heterocycles. The van der Waals surface area contributed by atoms with E-state index in [1.54, 1.807) is 0 Å². The molecule has 0 amide bonds. The highest BCUT2D eigenvalue weighted by Crippen LogP contribution is 2.47. The topological polar surface area (TPSA) is 0 Å². The van der Waals surface area contributed by atoms with Gasteiger partial charge in [0.15, 0.2) is 0 Å². The van der Waals surface area contributed by atoms with Gasteiger partial charge in [0.05, 0.1) is 0 Å². The second-order valence-corrected chi connectivity index (χ2v) is 9.73. The molecular weight excluding hydrogens is 313 g/mol. The van der Waals surface area contributed by atoms with Gasteiger partial charge in [0.25, 0.3) is 0 Å². The van der Waals surface area contributed by atoms with Crippen molar-refractivity contribution in [2.45, 2.75) is 17.6 Å². The molecule has 16 heavy (non-hydrogen) atoms. The lowest BCUT2D eigenvalue weighted by Crippen LogP contribution is -2.33. The van der Waals surface area contributed by atoms with Crippen LogP contribution in [-0.2, 0) is 0 Å². The fourth-order valence-corrected chi connectivity index (χ4v) is 8.41. The lowest BCUT2D eigenvalue weighted by molar-refractivity contribution is 0.647. The van der Waals surface area contributed by atoms with Gasteiger partial charge >= 0.3 is 0 Å². The summed E-state index contributed by atoms with van der Waals surface area (Å²) in [4.78, 5) is 0. The highest BCUT2D eigenvalue weighted by molar-refractivity contribution is 8.77. The van der Waals surface area contributed by atoms with Crippen LogP contribution >= 0.6 is 70.4 Å². The van der Waals surface area contributed by atoms with Gasteiger partial charge in [-0.25, -0.2) is 0 Å². The van der Waals surface area contributed by atoms with E-state index >= 15 is 0 Å². The first-order valence-electron chi connectivity index (χ1n) is 5.51. The summed E-state index contributed by atoms with van der Waals surface area (Å²) in [5.41, 5.74) is 0. The molecule has 1 heterocycles. The van der Waals surface area contributed by atoms with Crippen molar-refractivity contribution in [1.29, 1.82) is 0 Å². The Labute approximate surface area is 127 Å². The zero-order valence-electron chi connectivity index (χ0n) is 9.39. The molecule has 0 aromatic rings. The second kappa shape index (κ2) is 9.96. The van der Waals surface area contributed by atoms with Gasteiger partial charge in [-0.3, -0.25) is 0 Å². The number of thioether (sulfide) groups is 2. The molecule has 1 fully saturated rings. The lowest BCUT2D eigenvalue weighted by atomic mass is 10.1. The Bertz CT molecular complexity index is 157. The van der Waals surface area contributed by atoms with Crippen molar-refractivity contribution < 1.29 is 0 Å². The first-order valence-corrected chi connectivity index (χ1v) is 11.4. The van der Waals surface area contributed by atoms with Gasteiger partial charge in [-0.1, -0.05) is 21.6 Å². The maximum atomic E-state index is 4.28. The standard InChI is InChI=1S/C10H20S6/c11-3-6-13-8-10(9-14-7-4-12)2-1-5-15-16-10/h11-12H,1-9H2. The highest BCUT2D eigenvalue weighted by Gasteiger charge is 2.33. The molecule has 0 N–H and O–H groups in total. The summed E-state index contributed by atoms with van der Waals surface area (Å²) in [6.07, 6.45) is 2.78. The minimum absolute atomic E-state index is 0.518. The third-order valence-corrected chi connectivity index (χ3v) is 9.55. The Balaban J connectivity index is 2.33. The molecule has 0 radical (unpaired) electrons. The van der Waals surface area contributed by atoms with Crippen molar-refractivity contribution in [3.05, 3.63) is 0 Å². The van der Waals surface area contributed by atoms with Crippen LogP contribution in [0.4, 0.5) is 0 Å². The van der Waals surface area contributed by atoms with Gasteiger partial charge in [0.2, 0.25) is 0 Å². The Morgan fingerprint density at radius 2 is 1.69 bits per heavy atom. The van der Waals surface area contributed by atoms with Gasteiger partial charge in [0.1, 0.15) is 0 Å². The Hall–Kier alpha value is 2.10. The predicted molar refractivity (Wildman–Crippen MR) is 94.4 cm³/mol. The summed E-state index contributed by atoms with van der Waals surface area (Å²) in [5.74, 6) is 8.31. The minimum atomic E-state index is 0.518. The van der Waals surface area contributed by atoms with Crippen LogP contribution < -0.4 is 0 Å². The number of hydrogen-bond acceptors (Lipinski definition) is 6. The van der Waals surface area contributed by atoms with Gasteiger partial charge in [-0.2, -0.15) is 48.8 Å². The largest absolute Gasteiger partial charge is 0.179 e. The lowest BCUT2D eigenvalue weighted by Gasteiger charge is -2.35. The Kier molecular flexibility index (Phi) is 10.1. The molecule has 0 saturated carbocycles. The molecule has 96 valence electrons. The van der Waals surface area contributed by atoms with E-state index in [0.29, 0.717) is 4.75 Å². The third kappa shape index (κ3) is 6.32. The summed E-state index contributed by atoms with van der Waals surface area (Å²) in [7, 11) is 4.21. The van der Waals surface area contributed by atoms with Crippen molar-refractivity contribution in [3.8, 4) is 0 Å². The molecule has 0 atom stereocenters. The fourth-order valence-electron chi connectivity index (χ4n) is 1.54. The van der Waals surface area contributed by atoms with Gasteiger partial charge in [0, 0.05) is 33.5 Å². The molecule has 0 bridgehead atoms. The normalized spacial score (nSPS) is 19.9. The molecular formula is C10H20S6. The molecule has 1 saturated heterocycles. The van der Waals surface area contributed by atoms with E-state index in [-0.39, 0.29) is 0 Å². The molecule has 0 nitrogen and oxygen atoms in total. The van der Waals surface area contributed by atoms with E-state index in [9.17, 15) is 0 Å². The average Bonchev–Trinajstić information content (AvgIpc) is 2.31. The van der Waals surface area contributed by atoms with Crippen molar-refractivity contribution in [3.63, 3.8) is 0 Å². The summed E-state index contributed by atoms with van der Waals surface area (Å²) >= 11 is 12.7. The first-order chi connectivity index (χ1) is 7.83. The van der Waals surface area contributed by atoms with Crippen molar-refractivity contribution in [2.75, 3.05) is 40.3 Å². The summed E-state index contributed by atoms with van der Waals surface area (Å²) in [5, 5.41) is 0. The summed E-state index contributed by atoms with van der Waals surface area (Å²) < 4.78 is 0.518. The van der Waals surface area contributed by atoms with Crippen LogP contribution in [0.25, 0.3) is 0 Å². The molecule has 0 unspecified atom stereocenters. The minimum Gasteiger partial charge on any atom is -0.179 e. The molecule has 1 aliphatic rings. The van der Waals surface area contributed by atoms with Gasteiger partial charge < -0.3 is 0 Å². The van der Waals surface area contributed by atoms with Crippen LogP contribution in [-0.4, -0.2) is 45.0 Å². The zero-order valence-corrected chi connectivity index (χ0v) is 14.4. The zero-order chi connectivity index (χ0) is 11.7. The fraction of sp³-hybridized carbons (Fsp3) is 1.00. The van der Waals surface area contributed by atoms with Crippen molar-refractivity contribution in [2.24, 2.45) is 0 Å². The van der Waals surface area contributed by atoms with E-state index in [1.807, 2.05) is 0 Å².